The van der Waals surface area contributed by atoms with Gasteiger partial charge in [0.05, 0.1) is 11.9 Å². The van der Waals surface area contributed by atoms with Crippen molar-refractivity contribution in [2.24, 2.45) is 0 Å². The van der Waals surface area contributed by atoms with Gasteiger partial charge in [0.1, 0.15) is 6.04 Å². The molecule has 1 aliphatic heterocycles. The average Bonchev–Trinajstić information content (AvgIpc) is 2.91. The molecule has 2 aromatic rings. The number of halogens is 3. The van der Waals surface area contributed by atoms with E-state index in [4.69, 9.17) is 0 Å². The third-order valence-corrected chi connectivity index (χ3v) is 3.77. The summed E-state index contributed by atoms with van der Waals surface area (Å²) in [5.41, 5.74) is 0.836. The van der Waals surface area contributed by atoms with E-state index in [-0.39, 0.29) is 19.6 Å². The molecule has 0 bridgehead atoms. The second-order valence-electron chi connectivity index (χ2n) is 5.22. The third-order valence-electron chi connectivity index (χ3n) is 3.77. The highest BCUT2D eigenvalue weighted by Gasteiger charge is 2.39. The van der Waals surface area contributed by atoms with E-state index in [1.807, 2.05) is 0 Å². The summed E-state index contributed by atoms with van der Waals surface area (Å²) in [7, 11) is 0. The maximum absolute atomic E-state index is 12.9. The highest BCUT2D eigenvalue weighted by Crippen LogP contribution is 2.32. The monoisotopic (exact) mass is 326 g/mol. The Morgan fingerprint density at radius 3 is 2.70 bits per heavy atom. The van der Waals surface area contributed by atoms with E-state index in [1.165, 1.54) is 12.4 Å². The van der Waals surface area contributed by atoms with Crippen LogP contribution in [0.4, 0.5) is 13.2 Å². The fraction of sp³-hybridized carbons (Fsp3) is 0.357. The first-order valence-electron chi connectivity index (χ1n) is 6.86. The number of pyridine rings is 1. The van der Waals surface area contributed by atoms with Crippen molar-refractivity contribution >= 4 is 5.97 Å². The molecular weight excluding hydrogens is 313 g/mol. The minimum absolute atomic E-state index is 0.0359. The lowest BCUT2D eigenvalue weighted by Gasteiger charge is -2.33. The van der Waals surface area contributed by atoms with Gasteiger partial charge in [-0.2, -0.15) is 13.2 Å². The molecule has 0 aromatic carbocycles. The molecule has 23 heavy (non-hydrogen) atoms. The molecule has 0 aliphatic carbocycles. The van der Waals surface area contributed by atoms with Gasteiger partial charge in [-0.05, 0) is 11.6 Å². The van der Waals surface area contributed by atoms with Crippen molar-refractivity contribution in [3.63, 3.8) is 0 Å². The highest BCUT2D eigenvalue weighted by atomic mass is 19.4. The summed E-state index contributed by atoms with van der Waals surface area (Å²) in [5.74, 6) is -2.01. The number of carboxylic acids is 1. The zero-order valence-corrected chi connectivity index (χ0v) is 11.9. The first-order valence-corrected chi connectivity index (χ1v) is 6.86. The second-order valence-corrected chi connectivity index (χ2v) is 5.22. The molecule has 0 fully saturated rings. The number of hydrogen-bond acceptors (Lipinski definition) is 4. The molecule has 122 valence electrons. The minimum Gasteiger partial charge on any atom is -0.480 e. The van der Waals surface area contributed by atoms with Crippen LogP contribution in [0.2, 0.25) is 0 Å². The number of nitrogens with zero attached hydrogens (tertiary/aromatic N) is 4. The third kappa shape index (κ3) is 2.91. The van der Waals surface area contributed by atoms with E-state index in [0.717, 1.165) is 10.8 Å². The topological polar surface area (TPSA) is 71.2 Å². The van der Waals surface area contributed by atoms with Crippen molar-refractivity contribution in [1.29, 1.82) is 0 Å². The SMILES string of the molecule is O=C(O)C(c1cccnc1)N1CCn2c(cnc2C(F)(F)F)C1. The molecule has 6 nitrogen and oxygen atoms in total. The maximum Gasteiger partial charge on any atom is 0.449 e. The molecule has 0 radical (unpaired) electrons. The van der Waals surface area contributed by atoms with Crippen LogP contribution in [0.5, 0.6) is 0 Å². The van der Waals surface area contributed by atoms with Gasteiger partial charge in [0.15, 0.2) is 0 Å². The minimum atomic E-state index is -4.52. The van der Waals surface area contributed by atoms with E-state index in [2.05, 4.69) is 9.97 Å². The highest BCUT2D eigenvalue weighted by molar-refractivity contribution is 5.75. The number of hydrogen-bond donors (Lipinski definition) is 1. The van der Waals surface area contributed by atoms with Gasteiger partial charge in [0, 0.05) is 32.0 Å². The van der Waals surface area contributed by atoms with E-state index in [0.29, 0.717) is 11.3 Å². The number of carbonyl (C=O) groups is 1. The summed E-state index contributed by atoms with van der Waals surface area (Å²) in [6, 6.07) is 2.31. The van der Waals surface area contributed by atoms with Gasteiger partial charge in [0.25, 0.3) is 0 Å². The molecule has 1 unspecified atom stereocenters. The van der Waals surface area contributed by atoms with Crippen LogP contribution < -0.4 is 0 Å². The Labute approximate surface area is 129 Å². The van der Waals surface area contributed by atoms with Gasteiger partial charge in [-0.15, -0.1) is 0 Å². The quantitative estimate of drug-likeness (QED) is 0.933. The van der Waals surface area contributed by atoms with Crippen LogP contribution in [0.25, 0.3) is 0 Å². The smallest absolute Gasteiger partial charge is 0.449 e. The van der Waals surface area contributed by atoms with E-state index in [9.17, 15) is 23.1 Å². The van der Waals surface area contributed by atoms with Crippen LogP contribution in [0, 0.1) is 0 Å². The predicted molar refractivity (Wildman–Crippen MR) is 72.3 cm³/mol. The summed E-state index contributed by atoms with van der Waals surface area (Å²) in [4.78, 5) is 20.6. The number of fused-ring (bicyclic) bond motifs is 1. The van der Waals surface area contributed by atoms with E-state index >= 15 is 0 Å². The predicted octanol–water partition coefficient (Wildman–Crippen LogP) is 1.94. The Kier molecular flexibility index (Phi) is 3.80. The van der Waals surface area contributed by atoms with Gasteiger partial charge >= 0.3 is 12.1 Å². The van der Waals surface area contributed by atoms with Crippen molar-refractivity contribution in [3.05, 3.63) is 47.8 Å². The lowest BCUT2D eigenvalue weighted by Crippen LogP contribution is -2.40. The van der Waals surface area contributed by atoms with E-state index < -0.39 is 24.0 Å². The second kappa shape index (κ2) is 5.65. The number of imidazole rings is 1. The van der Waals surface area contributed by atoms with Crippen LogP contribution in [0.3, 0.4) is 0 Å². The summed E-state index contributed by atoms with van der Waals surface area (Å²) in [6.45, 7) is 0.293. The van der Waals surface area contributed by atoms with Crippen LogP contribution in [0.15, 0.2) is 30.7 Å². The summed E-state index contributed by atoms with van der Waals surface area (Å²) in [6.07, 6.45) is -0.387. The fourth-order valence-electron chi connectivity index (χ4n) is 2.80. The fourth-order valence-corrected chi connectivity index (χ4v) is 2.80. The number of alkyl halides is 3. The maximum atomic E-state index is 12.9. The molecule has 1 atom stereocenters. The molecule has 0 amide bonds. The Bertz CT molecular complexity index is 715. The first kappa shape index (κ1) is 15.5. The Hall–Kier alpha value is -2.42. The van der Waals surface area contributed by atoms with Crippen LogP contribution in [0.1, 0.15) is 23.1 Å². The van der Waals surface area contributed by atoms with Crippen LogP contribution in [-0.2, 0) is 24.1 Å². The molecule has 1 aliphatic rings. The molecular formula is C14H13F3N4O2. The zero-order valence-electron chi connectivity index (χ0n) is 11.9. The number of rotatable bonds is 3. The number of aromatic nitrogens is 3. The Morgan fingerprint density at radius 2 is 2.09 bits per heavy atom. The summed E-state index contributed by atoms with van der Waals surface area (Å²) in [5, 5.41) is 9.49. The average molecular weight is 326 g/mol. The van der Waals surface area contributed by atoms with Crippen LogP contribution in [-0.4, -0.2) is 37.1 Å². The Morgan fingerprint density at radius 1 is 1.30 bits per heavy atom. The van der Waals surface area contributed by atoms with Gasteiger partial charge in [-0.3, -0.25) is 14.7 Å². The molecule has 0 spiro atoms. The molecule has 9 heteroatoms. The largest absolute Gasteiger partial charge is 0.480 e. The molecule has 1 N–H and O–H groups in total. The lowest BCUT2D eigenvalue weighted by atomic mass is 10.1. The van der Waals surface area contributed by atoms with Gasteiger partial charge < -0.3 is 9.67 Å². The lowest BCUT2D eigenvalue weighted by molar-refractivity contribution is -0.149. The van der Waals surface area contributed by atoms with Crippen molar-refractivity contribution in [2.45, 2.75) is 25.3 Å². The molecule has 3 heterocycles. The number of aliphatic carboxylic acids is 1. The zero-order chi connectivity index (χ0) is 16.6. The normalized spacial score (nSPS) is 16.8. The number of carboxylic acid groups (broad SMARTS) is 1. The van der Waals surface area contributed by atoms with E-state index in [1.54, 1.807) is 17.0 Å². The van der Waals surface area contributed by atoms with Crippen molar-refractivity contribution < 1.29 is 23.1 Å². The van der Waals surface area contributed by atoms with Gasteiger partial charge in [-0.25, -0.2) is 4.98 Å². The standard InChI is InChI=1S/C14H13F3N4O2/c15-14(16,17)13-19-7-10-8-20(4-5-21(10)13)11(12(22)23)9-2-1-3-18-6-9/h1-3,6-7,11H,4-5,8H2,(H,22,23). The molecule has 3 rings (SSSR count). The summed E-state index contributed by atoms with van der Waals surface area (Å²) < 4.78 is 39.7. The molecule has 2 aromatic heterocycles. The Balaban J connectivity index is 1.89. The molecule has 0 saturated heterocycles. The van der Waals surface area contributed by atoms with Crippen molar-refractivity contribution in [3.8, 4) is 0 Å². The molecule has 0 saturated carbocycles. The van der Waals surface area contributed by atoms with Crippen LogP contribution >= 0.6 is 0 Å². The first-order chi connectivity index (χ1) is 10.9. The van der Waals surface area contributed by atoms with Crippen molar-refractivity contribution in [1.82, 2.24) is 19.4 Å². The summed E-state index contributed by atoms with van der Waals surface area (Å²) >= 11 is 0. The van der Waals surface area contributed by atoms with Gasteiger partial charge in [0.2, 0.25) is 5.82 Å². The van der Waals surface area contributed by atoms with Gasteiger partial charge in [-0.1, -0.05) is 6.07 Å². The van der Waals surface area contributed by atoms with Crippen molar-refractivity contribution in [2.75, 3.05) is 6.54 Å².